The number of aliphatic hydroxyl groups is 1. The summed E-state index contributed by atoms with van der Waals surface area (Å²) in [7, 11) is 0. The van der Waals surface area contributed by atoms with Crippen molar-refractivity contribution in [2.24, 2.45) is 0 Å². The van der Waals surface area contributed by atoms with Crippen LogP contribution < -0.4 is 4.74 Å². The lowest BCUT2D eigenvalue weighted by molar-refractivity contribution is -0.556. The fourth-order valence-corrected chi connectivity index (χ4v) is 4.63. The number of unbranched alkanes of at least 4 members (excludes halogenated alkanes) is 5. The maximum atomic E-state index is 14.1. The van der Waals surface area contributed by atoms with Gasteiger partial charge in [-0.05, 0) is 42.7 Å². The van der Waals surface area contributed by atoms with Gasteiger partial charge in [0.1, 0.15) is 25.1 Å². The molecule has 0 aliphatic heterocycles. The average Bonchev–Trinajstić information content (AvgIpc) is 3.14. The van der Waals surface area contributed by atoms with Crippen molar-refractivity contribution in [3.8, 4) is 17.1 Å². The molecule has 0 spiro atoms. The van der Waals surface area contributed by atoms with Gasteiger partial charge in [0.2, 0.25) is 0 Å². The van der Waals surface area contributed by atoms with Gasteiger partial charge in [-0.25, -0.2) is 19.4 Å². The second kappa shape index (κ2) is 19.4. The van der Waals surface area contributed by atoms with Crippen LogP contribution in [0, 0.1) is 0 Å². The fourth-order valence-electron chi connectivity index (χ4n) is 4.63. The summed E-state index contributed by atoms with van der Waals surface area (Å²) < 4.78 is 321. The summed E-state index contributed by atoms with van der Waals surface area (Å²) in [4.78, 5) is 8.49. The van der Waals surface area contributed by atoms with Crippen LogP contribution in [0.15, 0.2) is 36.7 Å². The van der Waals surface area contributed by atoms with E-state index < -0.39 is 92.1 Å². The predicted molar refractivity (Wildman–Crippen MR) is 165 cm³/mol. The van der Waals surface area contributed by atoms with Gasteiger partial charge in [-0.15, -0.1) is 0 Å². The van der Waals surface area contributed by atoms with Crippen LogP contribution in [0.4, 0.5) is 101 Å². The molecular weight excluding hydrogens is 941 g/mol. The van der Waals surface area contributed by atoms with E-state index in [0.29, 0.717) is 5.56 Å². The lowest BCUT2D eigenvalue weighted by Gasteiger charge is -2.40. The standard InChI is InChI=1S/C33H31F23N2O5/c1-2-3-4-5-6-7-8-18-13-57-22(58-14-18)19-9-11-21(12-10-19)61-16-20(59)15-60-17-23(34,35)24(36,37)30(49,50)62-32(53,54)33(55,56)63-31(51,52)28(44,45)26(40,41)25(38,39)27(42,43)29(46,47)48/h9-14,20,59H,2-8,15-17H2,1H3/t20-/m0/s1. The van der Waals surface area contributed by atoms with Gasteiger partial charge in [0.05, 0.1) is 6.61 Å². The summed E-state index contributed by atoms with van der Waals surface area (Å²) >= 11 is 0. The number of alkyl halides is 23. The molecule has 0 unspecified atom stereocenters. The van der Waals surface area contributed by atoms with Crippen molar-refractivity contribution in [3.05, 3.63) is 42.2 Å². The number of hydrogen-bond donors (Lipinski definition) is 1. The predicted octanol–water partition coefficient (Wildman–Crippen LogP) is 11.6. The number of halogens is 23. The molecule has 2 aromatic rings. The van der Waals surface area contributed by atoms with Gasteiger partial charge in [0.25, 0.3) is 0 Å². The molecule has 0 saturated carbocycles. The van der Waals surface area contributed by atoms with Crippen LogP contribution in [0.5, 0.6) is 5.75 Å². The molecule has 63 heavy (non-hydrogen) atoms. The zero-order valence-corrected chi connectivity index (χ0v) is 31.3. The molecule has 0 saturated heterocycles. The second-order valence-corrected chi connectivity index (χ2v) is 13.3. The van der Waals surface area contributed by atoms with Crippen molar-refractivity contribution >= 4 is 0 Å². The van der Waals surface area contributed by atoms with E-state index in [-0.39, 0.29) is 11.6 Å². The topological polar surface area (TPSA) is 82.9 Å². The van der Waals surface area contributed by atoms with Crippen LogP contribution in [0.25, 0.3) is 11.4 Å². The van der Waals surface area contributed by atoms with Gasteiger partial charge in [0.15, 0.2) is 5.82 Å². The molecule has 7 nitrogen and oxygen atoms in total. The molecule has 1 N–H and O–H groups in total. The van der Waals surface area contributed by atoms with Crippen LogP contribution in [0.2, 0.25) is 0 Å². The lowest BCUT2D eigenvalue weighted by atomic mass is 9.97. The molecular formula is C33H31F23N2O5. The van der Waals surface area contributed by atoms with Gasteiger partial charge < -0.3 is 14.6 Å². The SMILES string of the molecule is CCCCCCCCc1cnc(-c2ccc(OC[C@@H](O)COCC(F)(F)C(F)(F)C(F)(F)OC(F)(F)C(F)(F)OC(F)(F)C(F)(F)C(F)(F)C(F)(F)C(F)(F)C(F)(F)F)cc2)nc1. The van der Waals surface area contributed by atoms with Crippen molar-refractivity contribution in [2.45, 2.75) is 124 Å². The zero-order valence-electron chi connectivity index (χ0n) is 31.3. The third-order valence-electron chi connectivity index (χ3n) is 8.25. The summed E-state index contributed by atoms with van der Waals surface area (Å²) in [5, 5.41) is 9.84. The molecule has 0 amide bonds. The first-order valence-corrected chi connectivity index (χ1v) is 17.3. The highest BCUT2D eigenvalue weighted by Crippen LogP contribution is 2.62. The van der Waals surface area contributed by atoms with Crippen LogP contribution in [-0.2, 0) is 20.6 Å². The largest absolute Gasteiger partial charge is 0.491 e. The maximum absolute atomic E-state index is 14.1. The smallest absolute Gasteiger partial charge is 0.460 e. The number of aromatic nitrogens is 2. The van der Waals surface area contributed by atoms with Crippen LogP contribution in [0.1, 0.15) is 51.0 Å². The average molecular weight is 973 g/mol. The van der Waals surface area contributed by atoms with Gasteiger partial charge in [-0.3, -0.25) is 0 Å². The lowest BCUT2D eigenvalue weighted by Crippen LogP contribution is -2.71. The molecule has 1 aromatic carbocycles. The highest BCUT2D eigenvalue weighted by molar-refractivity contribution is 5.55. The molecule has 2 rings (SSSR count). The van der Waals surface area contributed by atoms with Gasteiger partial charge >= 0.3 is 66.1 Å². The summed E-state index contributed by atoms with van der Waals surface area (Å²) in [5.74, 6) is -49.0. The summed E-state index contributed by atoms with van der Waals surface area (Å²) in [5.41, 5.74) is 1.34. The van der Waals surface area contributed by atoms with E-state index in [1.165, 1.54) is 29.0 Å². The third-order valence-corrected chi connectivity index (χ3v) is 8.25. The van der Waals surface area contributed by atoms with E-state index >= 15 is 0 Å². The van der Waals surface area contributed by atoms with E-state index in [1.54, 1.807) is 12.4 Å². The quantitative estimate of drug-likeness (QED) is 0.0743. The minimum absolute atomic E-state index is 0.0519. The molecule has 0 fully saturated rings. The molecule has 30 heteroatoms. The monoisotopic (exact) mass is 972 g/mol. The summed E-state index contributed by atoms with van der Waals surface area (Å²) in [6.07, 6.45) is -32.5. The number of ether oxygens (including phenoxy) is 4. The van der Waals surface area contributed by atoms with Crippen molar-refractivity contribution in [2.75, 3.05) is 19.8 Å². The fraction of sp³-hybridized carbons (Fsp3) is 0.697. The number of benzene rings is 1. The number of hydrogen-bond acceptors (Lipinski definition) is 7. The third kappa shape index (κ3) is 12.0. The Bertz CT molecular complexity index is 1740. The van der Waals surface area contributed by atoms with E-state index in [2.05, 4.69) is 21.6 Å². The number of nitrogens with zero attached hydrogens (tertiary/aromatic N) is 2. The summed E-state index contributed by atoms with van der Waals surface area (Å²) in [6.45, 7) is -3.45. The van der Waals surface area contributed by atoms with Crippen molar-refractivity contribution in [1.29, 1.82) is 0 Å². The Kier molecular flexibility index (Phi) is 17.1. The molecule has 1 aromatic heterocycles. The van der Waals surface area contributed by atoms with E-state index in [9.17, 15) is 106 Å². The van der Waals surface area contributed by atoms with E-state index in [4.69, 9.17) is 4.74 Å². The Morgan fingerprint density at radius 2 is 0.968 bits per heavy atom. The Morgan fingerprint density at radius 3 is 1.44 bits per heavy atom. The number of aliphatic hydroxyl groups excluding tert-OH is 1. The Morgan fingerprint density at radius 1 is 0.524 bits per heavy atom. The normalized spacial score (nSPS) is 15.2. The van der Waals surface area contributed by atoms with Gasteiger partial charge in [-0.1, -0.05) is 39.0 Å². The summed E-state index contributed by atoms with van der Waals surface area (Å²) in [6, 6.07) is 5.39. The molecule has 0 radical (unpaired) electrons. The molecule has 0 aliphatic carbocycles. The van der Waals surface area contributed by atoms with Crippen molar-refractivity contribution in [3.63, 3.8) is 0 Å². The Labute approximate surface area is 338 Å². The van der Waals surface area contributed by atoms with Crippen LogP contribution >= 0.6 is 0 Å². The highest BCUT2D eigenvalue weighted by atomic mass is 19.4. The van der Waals surface area contributed by atoms with Crippen molar-refractivity contribution < 1.29 is 125 Å². The molecule has 364 valence electrons. The Balaban J connectivity index is 2.04. The van der Waals surface area contributed by atoms with Crippen molar-refractivity contribution in [1.82, 2.24) is 9.97 Å². The zero-order chi connectivity index (χ0) is 48.9. The first-order valence-electron chi connectivity index (χ1n) is 17.3. The highest BCUT2D eigenvalue weighted by Gasteiger charge is 2.92. The molecule has 1 atom stereocenters. The minimum atomic E-state index is -8.95. The number of aryl methyl sites for hydroxylation is 1. The number of rotatable bonds is 26. The first-order chi connectivity index (χ1) is 28.3. The minimum Gasteiger partial charge on any atom is -0.491 e. The van der Waals surface area contributed by atoms with Gasteiger partial charge in [-0.2, -0.15) is 101 Å². The van der Waals surface area contributed by atoms with E-state index in [1.807, 2.05) is 0 Å². The molecule has 0 aliphatic rings. The van der Waals surface area contributed by atoms with Gasteiger partial charge in [0, 0.05) is 18.0 Å². The van der Waals surface area contributed by atoms with Crippen LogP contribution in [-0.4, -0.2) is 107 Å². The van der Waals surface area contributed by atoms with E-state index in [0.717, 1.165) is 55.2 Å². The molecule has 0 bridgehead atoms. The Hall–Kier alpha value is -3.67. The molecule has 1 heterocycles. The second-order valence-electron chi connectivity index (χ2n) is 13.3. The first kappa shape index (κ1) is 55.5. The van der Waals surface area contributed by atoms with Crippen LogP contribution in [0.3, 0.4) is 0 Å². The maximum Gasteiger partial charge on any atom is 0.460 e.